The molecule has 0 aliphatic rings. The Kier molecular flexibility index (Phi) is 5.42. The van der Waals surface area contributed by atoms with Crippen LogP contribution in [-0.2, 0) is 11.3 Å². The average Bonchev–Trinajstić information content (AvgIpc) is 2.95. The smallest absolute Gasteiger partial charge is 0.312 e. The molecule has 2 aromatic rings. The third kappa shape index (κ3) is 3.48. The Balaban J connectivity index is 2.33. The van der Waals surface area contributed by atoms with Crippen LogP contribution in [0.25, 0.3) is 0 Å². The molecular weight excluding hydrogens is 324 g/mol. The lowest BCUT2D eigenvalue weighted by atomic mass is 10.1. The first-order valence-corrected chi connectivity index (χ1v) is 8.08. The van der Waals surface area contributed by atoms with Gasteiger partial charge in [0.25, 0.3) is 0 Å². The SMILES string of the molecule is COC[C@H](C)n1c(C)cc(C(=O)Cn2nc(C)c([N+](=O)[O-])c2C)c1C. The van der Waals surface area contributed by atoms with Crippen LogP contribution in [0.3, 0.4) is 0 Å². The van der Waals surface area contributed by atoms with Crippen molar-refractivity contribution in [3.63, 3.8) is 0 Å². The molecule has 0 bridgehead atoms. The zero-order valence-corrected chi connectivity index (χ0v) is 15.5. The van der Waals surface area contributed by atoms with E-state index in [2.05, 4.69) is 9.67 Å². The Bertz CT molecular complexity index is 819. The number of rotatable bonds is 7. The largest absolute Gasteiger partial charge is 0.383 e. The first kappa shape index (κ1) is 18.9. The number of hydrogen-bond donors (Lipinski definition) is 0. The topological polar surface area (TPSA) is 92.2 Å². The monoisotopic (exact) mass is 348 g/mol. The molecule has 0 amide bonds. The maximum Gasteiger partial charge on any atom is 0.312 e. The zero-order valence-electron chi connectivity index (χ0n) is 15.5. The number of nitro groups is 1. The van der Waals surface area contributed by atoms with E-state index in [0.29, 0.717) is 23.6 Å². The second-order valence-corrected chi connectivity index (χ2v) is 6.32. The summed E-state index contributed by atoms with van der Waals surface area (Å²) < 4.78 is 8.68. The van der Waals surface area contributed by atoms with Crippen molar-refractivity contribution in [1.29, 1.82) is 0 Å². The number of ketones is 1. The molecule has 0 N–H and O–H groups in total. The highest BCUT2D eigenvalue weighted by atomic mass is 16.6. The number of carbonyl (C=O) groups excluding carboxylic acids is 1. The molecule has 2 aromatic heterocycles. The van der Waals surface area contributed by atoms with E-state index in [1.54, 1.807) is 21.0 Å². The van der Waals surface area contributed by atoms with Crippen molar-refractivity contribution < 1.29 is 14.5 Å². The Labute approximate surface area is 146 Å². The van der Waals surface area contributed by atoms with Crippen molar-refractivity contribution in [3.8, 4) is 0 Å². The summed E-state index contributed by atoms with van der Waals surface area (Å²) in [6, 6.07) is 1.96. The molecule has 0 radical (unpaired) electrons. The lowest BCUT2D eigenvalue weighted by Crippen LogP contribution is -2.16. The van der Waals surface area contributed by atoms with E-state index >= 15 is 0 Å². The van der Waals surface area contributed by atoms with E-state index < -0.39 is 4.92 Å². The van der Waals surface area contributed by atoms with Crippen LogP contribution >= 0.6 is 0 Å². The second-order valence-electron chi connectivity index (χ2n) is 6.32. The minimum Gasteiger partial charge on any atom is -0.383 e. The molecule has 0 fully saturated rings. The first-order chi connectivity index (χ1) is 11.7. The molecule has 2 heterocycles. The lowest BCUT2D eigenvalue weighted by molar-refractivity contribution is -0.386. The van der Waals surface area contributed by atoms with Gasteiger partial charge in [0.15, 0.2) is 5.78 Å². The number of aryl methyl sites for hydroxylation is 2. The highest BCUT2D eigenvalue weighted by molar-refractivity contribution is 5.97. The number of carbonyl (C=O) groups is 1. The van der Waals surface area contributed by atoms with Crippen LogP contribution in [0.5, 0.6) is 0 Å². The minimum atomic E-state index is -0.461. The van der Waals surface area contributed by atoms with Crippen molar-refractivity contribution >= 4 is 11.5 Å². The lowest BCUT2D eigenvalue weighted by Gasteiger charge is -2.17. The molecule has 0 aliphatic carbocycles. The van der Waals surface area contributed by atoms with Gasteiger partial charge in [-0.15, -0.1) is 0 Å². The molecule has 0 saturated carbocycles. The summed E-state index contributed by atoms with van der Waals surface area (Å²) in [6.45, 7) is 9.58. The van der Waals surface area contributed by atoms with Gasteiger partial charge in [-0.3, -0.25) is 19.6 Å². The van der Waals surface area contributed by atoms with Gasteiger partial charge in [-0.25, -0.2) is 0 Å². The van der Waals surface area contributed by atoms with E-state index in [4.69, 9.17) is 4.74 Å². The van der Waals surface area contributed by atoms with Crippen LogP contribution in [-0.4, -0.2) is 38.8 Å². The van der Waals surface area contributed by atoms with Crippen LogP contribution in [0.2, 0.25) is 0 Å². The third-order valence-electron chi connectivity index (χ3n) is 4.45. The van der Waals surface area contributed by atoms with Gasteiger partial charge < -0.3 is 9.30 Å². The van der Waals surface area contributed by atoms with Crippen LogP contribution in [0.15, 0.2) is 6.07 Å². The summed E-state index contributed by atoms with van der Waals surface area (Å²) in [5.74, 6) is -0.121. The standard InChI is InChI=1S/C17H24N4O4/c1-10-7-15(13(4)20(10)11(2)9-25-6)16(22)8-19-14(5)17(21(23)24)12(3)18-19/h7,11H,8-9H2,1-6H3/t11-/m0/s1. The van der Waals surface area contributed by atoms with Gasteiger partial charge in [-0.1, -0.05) is 0 Å². The molecule has 25 heavy (non-hydrogen) atoms. The number of ether oxygens (including phenoxy) is 1. The Hall–Kier alpha value is -2.48. The van der Waals surface area contributed by atoms with Crippen LogP contribution in [0, 0.1) is 37.8 Å². The van der Waals surface area contributed by atoms with Crippen LogP contribution in [0.1, 0.15) is 46.1 Å². The summed E-state index contributed by atoms with van der Waals surface area (Å²) in [6.07, 6.45) is 0. The predicted molar refractivity (Wildman–Crippen MR) is 93.2 cm³/mol. The molecule has 0 spiro atoms. The quantitative estimate of drug-likeness (QED) is 0.436. The number of Topliss-reactive ketones (excluding diaryl/α,β-unsaturated/α-hetero) is 1. The zero-order chi connectivity index (χ0) is 18.9. The van der Waals surface area contributed by atoms with Crippen LogP contribution in [0.4, 0.5) is 5.69 Å². The molecule has 2 rings (SSSR count). The summed E-state index contributed by atoms with van der Waals surface area (Å²) in [7, 11) is 1.65. The minimum absolute atomic E-state index is 0.0243. The van der Waals surface area contributed by atoms with Gasteiger partial charge in [0.2, 0.25) is 0 Å². The van der Waals surface area contributed by atoms with E-state index in [0.717, 1.165) is 11.4 Å². The molecule has 8 nitrogen and oxygen atoms in total. The van der Waals surface area contributed by atoms with Crippen molar-refractivity contribution in [3.05, 3.63) is 44.5 Å². The number of hydrogen-bond acceptors (Lipinski definition) is 5. The van der Waals surface area contributed by atoms with Crippen molar-refractivity contribution in [1.82, 2.24) is 14.3 Å². The highest BCUT2D eigenvalue weighted by Gasteiger charge is 2.24. The average molecular weight is 348 g/mol. The van der Waals surface area contributed by atoms with E-state index in [9.17, 15) is 14.9 Å². The maximum absolute atomic E-state index is 12.7. The fraction of sp³-hybridized carbons (Fsp3) is 0.529. The fourth-order valence-electron chi connectivity index (χ4n) is 3.38. The predicted octanol–water partition coefficient (Wildman–Crippen LogP) is 2.92. The van der Waals surface area contributed by atoms with Gasteiger partial charge in [0.1, 0.15) is 17.9 Å². The molecule has 0 aliphatic heterocycles. The van der Waals surface area contributed by atoms with Gasteiger partial charge in [0, 0.05) is 24.1 Å². The van der Waals surface area contributed by atoms with Gasteiger partial charge in [-0.05, 0) is 40.7 Å². The molecule has 1 atom stereocenters. The van der Waals surface area contributed by atoms with E-state index in [-0.39, 0.29) is 24.1 Å². The molecular formula is C17H24N4O4. The number of nitrogens with zero attached hydrogens (tertiary/aromatic N) is 4. The van der Waals surface area contributed by atoms with Gasteiger partial charge in [0.05, 0.1) is 17.6 Å². The van der Waals surface area contributed by atoms with Gasteiger partial charge >= 0.3 is 5.69 Å². The maximum atomic E-state index is 12.7. The van der Waals surface area contributed by atoms with Crippen molar-refractivity contribution in [2.45, 2.75) is 47.2 Å². The third-order valence-corrected chi connectivity index (χ3v) is 4.45. The molecule has 136 valence electrons. The molecule has 0 saturated heterocycles. The van der Waals surface area contributed by atoms with Crippen molar-refractivity contribution in [2.75, 3.05) is 13.7 Å². The van der Waals surface area contributed by atoms with Gasteiger partial charge in [-0.2, -0.15) is 5.10 Å². The van der Waals surface area contributed by atoms with E-state index in [1.165, 1.54) is 4.68 Å². The number of methoxy groups -OCH3 is 1. The van der Waals surface area contributed by atoms with Crippen LogP contribution < -0.4 is 0 Å². The highest BCUT2D eigenvalue weighted by Crippen LogP contribution is 2.24. The summed E-state index contributed by atoms with van der Waals surface area (Å²) in [4.78, 5) is 23.4. The number of aromatic nitrogens is 3. The molecule has 0 aromatic carbocycles. The fourth-order valence-corrected chi connectivity index (χ4v) is 3.38. The second kappa shape index (κ2) is 7.18. The normalized spacial score (nSPS) is 12.4. The first-order valence-electron chi connectivity index (χ1n) is 8.08. The molecule has 0 unspecified atom stereocenters. The Morgan fingerprint density at radius 2 is 1.96 bits per heavy atom. The Morgan fingerprint density at radius 1 is 1.32 bits per heavy atom. The molecule has 8 heteroatoms. The summed E-state index contributed by atoms with van der Waals surface area (Å²) >= 11 is 0. The van der Waals surface area contributed by atoms with Crippen molar-refractivity contribution in [2.24, 2.45) is 0 Å². The summed E-state index contributed by atoms with van der Waals surface area (Å²) in [5, 5.41) is 15.3. The van der Waals surface area contributed by atoms with E-state index in [1.807, 2.05) is 26.8 Å². The Morgan fingerprint density at radius 3 is 2.48 bits per heavy atom. The summed E-state index contributed by atoms with van der Waals surface area (Å²) in [5.41, 5.74) is 3.11.